The maximum Gasteiger partial charge on any atom is 0.389 e. The van der Waals surface area contributed by atoms with Crippen LogP contribution in [0.15, 0.2) is 53.5 Å². The molecule has 2 aliphatic rings. The Kier molecular flexibility index (Phi) is 10.6. The lowest BCUT2D eigenvalue weighted by atomic mass is 9.83. The number of aliphatic imine (C=N–C) groups is 1. The lowest BCUT2D eigenvalue weighted by Gasteiger charge is -2.27. The number of carboxylic acid groups (broad SMARTS) is 1. The molecule has 4 atom stereocenters. The topological polar surface area (TPSA) is 163 Å². The number of benzodiazepines with no additional fused rings is 1. The molecule has 0 unspecified atom stereocenters. The van der Waals surface area contributed by atoms with Crippen LogP contribution in [0.1, 0.15) is 43.2 Å². The van der Waals surface area contributed by atoms with Crippen LogP contribution in [0.25, 0.3) is 0 Å². The van der Waals surface area contributed by atoms with Crippen molar-refractivity contribution in [3.8, 4) is 0 Å². The van der Waals surface area contributed by atoms with Crippen LogP contribution in [0, 0.1) is 23.6 Å². The molecule has 2 aromatic rings. The van der Waals surface area contributed by atoms with Gasteiger partial charge in [0.25, 0.3) is 5.91 Å². The Morgan fingerprint density at radius 3 is 2.41 bits per heavy atom. The van der Waals surface area contributed by atoms with Crippen molar-refractivity contribution in [3.05, 3.63) is 65.5 Å². The summed E-state index contributed by atoms with van der Waals surface area (Å²) in [7, 11) is 0. The van der Waals surface area contributed by atoms with Crippen molar-refractivity contribution in [2.24, 2.45) is 28.5 Å². The number of carbonyl (C=O) groups excluding carboxylic acids is 3. The van der Waals surface area contributed by atoms with Gasteiger partial charge in [-0.15, -0.1) is 0 Å². The number of nitrogens with two attached hydrogens (primary N) is 1. The largest absolute Gasteiger partial charge is 0.480 e. The minimum Gasteiger partial charge on any atom is -0.480 e. The van der Waals surface area contributed by atoms with Crippen molar-refractivity contribution in [3.63, 3.8) is 0 Å². The van der Waals surface area contributed by atoms with E-state index < -0.39 is 72.6 Å². The van der Waals surface area contributed by atoms with E-state index in [1.807, 2.05) is 0 Å². The lowest BCUT2D eigenvalue weighted by Crippen LogP contribution is -2.48. The minimum absolute atomic E-state index is 0.0135. The van der Waals surface area contributed by atoms with Gasteiger partial charge in [0.1, 0.15) is 11.9 Å². The molecule has 15 heteroatoms. The number of hydrogen-bond donors (Lipinski definition) is 5. The highest BCUT2D eigenvalue weighted by molar-refractivity contribution is 7.98. The monoisotopic (exact) mass is 637 g/mol. The summed E-state index contributed by atoms with van der Waals surface area (Å²) >= 11 is 0.677. The summed E-state index contributed by atoms with van der Waals surface area (Å²) in [4.78, 5) is 55.6. The number of anilines is 1. The average molecular weight is 638 g/mol. The van der Waals surface area contributed by atoms with E-state index in [1.165, 1.54) is 12.1 Å². The first-order valence-electron chi connectivity index (χ1n) is 13.8. The van der Waals surface area contributed by atoms with Gasteiger partial charge in [-0.1, -0.05) is 55.3 Å². The summed E-state index contributed by atoms with van der Waals surface area (Å²) in [6.45, 7) is 0. The molecule has 3 amide bonds. The van der Waals surface area contributed by atoms with Gasteiger partial charge in [-0.2, -0.15) is 13.2 Å². The van der Waals surface area contributed by atoms with Gasteiger partial charge in [0, 0.05) is 29.2 Å². The third-order valence-electron chi connectivity index (χ3n) is 7.28. The highest BCUT2D eigenvalue weighted by Gasteiger charge is 2.42. The van der Waals surface area contributed by atoms with Crippen LogP contribution in [0.2, 0.25) is 0 Å². The molecule has 2 aromatic carbocycles. The first-order chi connectivity index (χ1) is 20.8. The molecule has 1 aliphatic carbocycles. The number of hydrogen-bond acceptors (Lipinski definition) is 7. The number of halogens is 4. The zero-order valence-electron chi connectivity index (χ0n) is 23.3. The number of benzene rings is 2. The van der Waals surface area contributed by atoms with Crippen LogP contribution in [0.3, 0.4) is 0 Å². The Bertz CT molecular complexity index is 1420. The second kappa shape index (κ2) is 14.2. The third-order valence-corrected chi connectivity index (χ3v) is 8.16. The fourth-order valence-electron chi connectivity index (χ4n) is 4.81. The van der Waals surface area contributed by atoms with Gasteiger partial charge in [0.05, 0.1) is 17.3 Å². The van der Waals surface area contributed by atoms with E-state index in [4.69, 9.17) is 10.8 Å². The van der Waals surface area contributed by atoms with Gasteiger partial charge in [-0.05, 0) is 36.8 Å². The Hall–Kier alpha value is -3.98. The van der Waals surface area contributed by atoms with Crippen molar-refractivity contribution in [2.75, 3.05) is 11.1 Å². The molecule has 4 rings (SSSR count). The normalized spacial score (nSPS) is 18.5. The summed E-state index contributed by atoms with van der Waals surface area (Å²) in [5, 5.41) is 13.8. The zero-order valence-corrected chi connectivity index (χ0v) is 24.1. The number of alkyl halides is 3. The van der Waals surface area contributed by atoms with Gasteiger partial charge in [0.2, 0.25) is 18.0 Å². The standard InChI is InChI=1S/C29H31F4N5O5S/c30-20-8-4-7-18-22(16-5-2-1-3-6-16)35-24(27(41)36-23(18)20)37-25(39)17(11-12-29(31,32)33)19(13-15-9-10-15)26(40)38-44-14-21(34)28(42)43/h1-8,15,17,19,21,24H,9-14,34H2,(H,36,41)(H,37,39)(H,38,40)(H,42,43)/t17-,19+,21+,24-/m1/s1. The van der Waals surface area contributed by atoms with E-state index in [1.54, 1.807) is 30.3 Å². The van der Waals surface area contributed by atoms with E-state index in [9.17, 15) is 36.7 Å². The van der Waals surface area contributed by atoms with Crippen LogP contribution in [0.4, 0.5) is 23.2 Å². The highest BCUT2D eigenvalue weighted by atomic mass is 32.2. The van der Waals surface area contributed by atoms with E-state index in [0.717, 1.165) is 18.9 Å². The molecule has 1 heterocycles. The maximum absolute atomic E-state index is 14.8. The molecule has 0 saturated heterocycles. The Morgan fingerprint density at radius 2 is 1.77 bits per heavy atom. The number of nitrogens with one attached hydrogen (secondary N) is 3. The fourth-order valence-corrected chi connectivity index (χ4v) is 5.51. The number of aliphatic carboxylic acids is 1. The van der Waals surface area contributed by atoms with Crippen molar-refractivity contribution in [2.45, 2.75) is 50.5 Å². The summed E-state index contributed by atoms with van der Waals surface area (Å²) in [6.07, 6.45) is -6.85. The molecule has 44 heavy (non-hydrogen) atoms. The molecule has 10 nitrogen and oxygen atoms in total. The summed E-state index contributed by atoms with van der Waals surface area (Å²) in [6, 6.07) is 11.2. The van der Waals surface area contributed by atoms with Crippen LogP contribution < -0.4 is 21.1 Å². The van der Waals surface area contributed by atoms with Crippen molar-refractivity contribution >= 4 is 47.0 Å². The molecule has 6 N–H and O–H groups in total. The summed E-state index contributed by atoms with van der Waals surface area (Å²) < 4.78 is 57.3. The van der Waals surface area contributed by atoms with Crippen LogP contribution in [-0.4, -0.2) is 58.6 Å². The smallest absolute Gasteiger partial charge is 0.389 e. The van der Waals surface area contributed by atoms with E-state index >= 15 is 0 Å². The number of rotatable bonds is 13. The highest BCUT2D eigenvalue weighted by Crippen LogP contribution is 2.40. The number of fused-ring (bicyclic) bond motifs is 1. The number of carbonyl (C=O) groups is 4. The fraction of sp³-hybridized carbons (Fsp3) is 0.414. The molecule has 0 bridgehead atoms. The van der Waals surface area contributed by atoms with Crippen LogP contribution in [-0.2, 0) is 19.2 Å². The van der Waals surface area contributed by atoms with Crippen LogP contribution in [0.5, 0.6) is 0 Å². The molecule has 0 spiro atoms. The number of amides is 3. The maximum atomic E-state index is 14.8. The van der Waals surface area contributed by atoms with Gasteiger partial charge < -0.3 is 21.5 Å². The second-order valence-electron chi connectivity index (χ2n) is 10.7. The van der Waals surface area contributed by atoms with Gasteiger partial charge in [-0.25, -0.2) is 9.38 Å². The molecule has 1 aliphatic heterocycles. The Balaban J connectivity index is 1.63. The van der Waals surface area contributed by atoms with Crippen molar-refractivity contribution in [1.29, 1.82) is 0 Å². The molecule has 1 saturated carbocycles. The quantitative estimate of drug-likeness (QED) is 0.166. The van der Waals surface area contributed by atoms with Gasteiger partial charge in [-0.3, -0.25) is 23.9 Å². The van der Waals surface area contributed by atoms with Crippen molar-refractivity contribution in [1.82, 2.24) is 10.0 Å². The number of para-hydroxylation sites is 1. The predicted octanol–water partition coefficient (Wildman–Crippen LogP) is 3.61. The zero-order chi connectivity index (χ0) is 32.0. The van der Waals surface area contributed by atoms with Gasteiger partial charge >= 0.3 is 12.1 Å². The molecular formula is C29H31F4N5O5S. The first kappa shape index (κ1) is 32.9. The van der Waals surface area contributed by atoms with E-state index in [-0.39, 0.29) is 35.1 Å². The van der Waals surface area contributed by atoms with Gasteiger partial charge in [0.15, 0.2) is 0 Å². The van der Waals surface area contributed by atoms with E-state index in [2.05, 4.69) is 20.3 Å². The average Bonchev–Trinajstić information content (AvgIpc) is 3.80. The van der Waals surface area contributed by atoms with E-state index in [0.29, 0.717) is 17.5 Å². The molecule has 0 aromatic heterocycles. The summed E-state index contributed by atoms with van der Waals surface area (Å²) in [5.41, 5.74) is 6.18. The van der Waals surface area contributed by atoms with Crippen LogP contribution >= 0.6 is 11.9 Å². The summed E-state index contributed by atoms with van der Waals surface area (Å²) in [5.74, 6) is -7.69. The Labute approximate surface area is 254 Å². The number of carboxylic acids is 1. The number of nitrogens with zero attached hydrogens (tertiary/aromatic N) is 1. The molecule has 1 fully saturated rings. The molecule has 236 valence electrons. The SMILES string of the molecule is N[C@@H](CSNC(=O)[C@@H](CC1CC1)[C@@H](CCC(F)(F)F)C(=O)N[C@H]1N=C(c2ccccc2)c2cccc(F)c2NC1=O)C(=O)O. The predicted molar refractivity (Wildman–Crippen MR) is 155 cm³/mol. The molecule has 0 radical (unpaired) electrons. The Morgan fingerprint density at radius 1 is 1.07 bits per heavy atom. The molecular weight excluding hydrogens is 606 g/mol. The first-order valence-corrected chi connectivity index (χ1v) is 14.8. The second-order valence-corrected chi connectivity index (χ2v) is 11.5. The van der Waals surface area contributed by atoms with Crippen molar-refractivity contribution < 1.29 is 41.8 Å². The lowest BCUT2D eigenvalue weighted by molar-refractivity contribution is -0.147. The minimum atomic E-state index is -4.64. The third kappa shape index (κ3) is 8.78.